The molecule has 1 saturated heterocycles. The zero-order valence-corrected chi connectivity index (χ0v) is 15.5. The minimum absolute atomic E-state index is 0.233. The van der Waals surface area contributed by atoms with Gasteiger partial charge in [0.05, 0.1) is 16.8 Å². The van der Waals surface area contributed by atoms with E-state index in [-0.39, 0.29) is 5.82 Å². The number of nitrogens with zero attached hydrogens (tertiary/aromatic N) is 5. The Balaban J connectivity index is 1.79. The fourth-order valence-corrected chi connectivity index (χ4v) is 3.71. The number of halogens is 2. The summed E-state index contributed by atoms with van der Waals surface area (Å²) >= 11 is 0. The van der Waals surface area contributed by atoms with Crippen LogP contribution in [0.15, 0.2) is 48.5 Å². The molecule has 1 aliphatic heterocycles. The molecule has 0 atom stereocenters. The van der Waals surface area contributed by atoms with E-state index in [1.165, 1.54) is 22.9 Å². The Kier molecular flexibility index (Phi) is 4.12. The first kappa shape index (κ1) is 17.5. The molecule has 6 nitrogen and oxygen atoms in total. The number of fused-ring (bicyclic) bond motifs is 1. The van der Waals surface area contributed by atoms with E-state index in [0.717, 1.165) is 25.9 Å². The van der Waals surface area contributed by atoms with Crippen molar-refractivity contribution >= 4 is 22.8 Å². The number of nitrogens with two attached hydrogens (primary N) is 1. The lowest BCUT2D eigenvalue weighted by atomic mass is 10.1. The monoisotopic (exact) mass is 392 g/mol. The first-order valence-corrected chi connectivity index (χ1v) is 9.44. The Hall–Kier alpha value is -3.55. The molecule has 146 valence electrons. The van der Waals surface area contributed by atoms with Gasteiger partial charge in [-0.2, -0.15) is 4.98 Å². The number of benzene rings is 2. The van der Waals surface area contributed by atoms with Crippen LogP contribution < -0.4 is 10.6 Å². The molecule has 0 saturated carbocycles. The lowest BCUT2D eigenvalue weighted by Gasteiger charge is -2.16. The summed E-state index contributed by atoms with van der Waals surface area (Å²) in [6.07, 6.45) is 2.10. The van der Waals surface area contributed by atoms with E-state index in [0.29, 0.717) is 33.9 Å². The smallest absolute Gasteiger partial charge is 0.228 e. The van der Waals surface area contributed by atoms with E-state index < -0.39 is 11.6 Å². The first-order valence-electron chi connectivity index (χ1n) is 9.44. The largest absolute Gasteiger partial charge is 0.383 e. The van der Waals surface area contributed by atoms with Gasteiger partial charge < -0.3 is 10.6 Å². The molecule has 5 rings (SSSR count). The number of hydrogen-bond acceptors (Lipinski definition) is 5. The third kappa shape index (κ3) is 2.97. The molecule has 1 fully saturated rings. The number of aromatic nitrogens is 4. The van der Waals surface area contributed by atoms with Crippen molar-refractivity contribution in [3.63, 3.8) is 0 Å². The molecule has 1 aliphatic rings. The van der Waals surface area contributed by atoms with Crippen molar-refractivity contribution in [3.8, 4) is 16.9 Å². The summed E-state index contributed by atoms with van der Waals surface area (Å²) in [4.78, 5) is 11.3. The van der Waals surface area contributed by atoms with Crippen LogP contribution in [0.3, 0.4) is 0 Å². The summed E-state index contributed by atoms with van der Waals surface area (Å²) in [5, 5.41) is 4.94. The third-order valence-corrected chi connectivity index (χ3v) is 5.13. The van der Waals surface area contributed by atoms with Crippen molar-refractivity contribution < 1.29 is 8.78 Å². The van der Waals surface area contributed by atoms with Gasteiger partial charge in [-0.05, 0) is 43.2 Å². The van der Waals surface area contributed by atoms with Gasteiger partial charge in [-0.1, -0.05) is 18.2 Å². The van der Waals surface area contributed by atoms with Crippen molar-refractivity contribution in [3.05, 3.63) is 60.2 Å². The van der Waals surface area contributed by atoms with E-state index in [2.05, 4.69) is 20.0 Å². The fraction of sp³-hybridized carbons (Fsp3) is 0.190. The van der Waals surface area contributed by atoms with Crippen LogP contribution in [0.4, 0.5) is 20.5 Å². The first-order chi connectivity index (χ1) is 14.1. The average molecular weight is 392 g/mol. The van der Waals surface area contributed by atoms with Gasteiger partial charge in [-0.3, -0.25) is 0 Å². The molecule has 4 aromatic rings. The fourth-order valence-electron chi connectivity index (χ4n) is 3.71. The van der Waals surface area contributed by atoms with Crippen LogP contribution in [0.5, 0.6) is 0 Å². The maximum atomic E-state index is 14.6. The second kappa shape index (κ2) is 6.80. The van der Waals surface area contributed by atoms with Crippen LogP contribution in [0.25, 0.3) is 28.0 Å². The molecular formula is C21H18F2N6. The molecule has 8 heteroatoms. The standard InChI is InChI=1S/C21H18F2N6/c22-13-6-5-7-14(12-13)29-19(24)17-18(15-8-1-2-9-16(15)23)25-21(26-20(17)27-29)28-10-3-4-11-28/h1-2,5-9,12H,3-4,10-11,24H2. The third-order valence-electron chi connectivity index (χ3n) is 5.13. The SMILES string of the molecule is Nc1c2c(-c3ccccc3F)nc(N3CCCC3)nc2nn1-c1cccc(F)c1. The maximum Gasteiger partial charge on any atom is 0.228 e. The number of rotatable bonds is 3. The predicted octanol–water partition coefficient (Wildman–Crippen LogP) is 3.94. The lowest BCUT2D eigenvalue weighted by Crippen LogP contribution is -2.20. The summed E-state index contributed by atoms with van der Waals surface area (Å²) in [5.41, 5.74) is 7.89. The van der Waals surface area contributed by atoms with Crippen molar-refractivity contribution in [1.82, 2.24) is 19.7 Å². The van der Waals surface area contributed by atoms with Crippen molar-refractivity contribution in [2.75, 3.05) is 23.7 Å². The van der Waals surface area contributed by atoms with Crippen LogP contribution in [-0.4, -0.2) is 32.8 Å². The van der Waals surface area contributed by atoms with Crippen LogP contribution >= 0.6 is 0 Å². The van der Waals surface area contributed by atoms with Crippen LogP contribution in [-0.2, 0) is 0 Å². The van der Waals surface area contributed by atoms with Crippen molar-refractivity contribution in [2.24, 2.45) is 0 Å². The highest BCUT2D eigenvalue weighted by atomic mass is 19.1. The molecule has 2 N–H and O–H groups in total. The molecule has 0 spiro atoms. The van der Waals surface area contributed by atoms with E-state index in [9.17, 15) is 8.78 Å². The van der Waals surface area contributed by atoms with Crippen molar-refractivity contribution in [2.45, 2.75) is 12.8 Å². The zero-order valence-electron chi connectivity index (χ0n) is 15.5. The van der Waals surface area contributed by atoms with E-state index in [1.807, 2.05) is 0 Å². The second-order valence-corrected chi connectivity index (χ2v) is 7.02. The predicted molar refractivity (Wildman–Crippen MR) is 108 cm³/mol. The highest BCUT2D eigenvalue weighted by Crippen LogP contribution is 2.35. The van der Waals surface area contributed by atoms with Gasteiger partial charge in [0.25, 0.3) is 0 Å². The molecule has 0 unspecified atom stereocenters. The second-order valence-electron chi connectivity index (χ2n) is 7.02. The minimum Gasteiger partial charge on any atom is -0.383 e. The molecule has 0 radical (unpaired) electrons. The summed E-state index contributed by atoms with van der Waals surface area (Å²) in [6, 6.07) is 12.4. The molecule has 2 aromatic heterocycles. The normalized spacial score (nSPS) is 14.1. The van der Waals surface area contributed by atoms with Crippen molar-refractivity contribution in [1.29, 1.82) is 0 Å². The number of nitrogen functional groups attached to an aromatic ring is 1. The zero-order chi connectivity index (χ0) is 20.0. The number of anilines is 2. The quantitative estimate of drug-likeness (QED) is 0.572. The Bertz CT molecular complexity index is 1210. The van der Waals surface area contributed by atoms with Gasteiger partial charge in [-0.25, -0.2) is 18.4 Å². The lowest BCUT2D eigenvalue weighted by molar-refractivity contribution is 0.625. The Morgan fingerprint density at radius 2 is 1.72 bits per heavy atom. The van der Waals surface area contributed by atoms with E-state index in [4.69, 9.17) is 5.73 Å². The average Bonchev–Trinajstić information content (AvgIpc) is 3.36. The highest BCUT2D eigenvalue weighted by molar-refractivity contribution is 5.99. The van der Waals surface area contributed by atoms with Gasteiger partial charge in [0.15, 0.2) is 5.65 Å². The van der Waals surface area contributed by atoms with Gasteiger partial charge in [0, 0.05) is 18.7 Å². The maximum absolute atomic E-state index is 14.6. The van der Waals surface area contributed by atoms with Gasteiger partial charge in [0.1, 0.15) is 17.5 Å². The topological polar surface area (TPSA) is 72.9 Å². The summed E-state index contributed by atoms with van der Waals surface area (Å²) in [5.74, 6) is -0.0774. The Morgan fingerprint density at radius 1 is 0.931 bits per heavy atom. The highest BCUT2D eigenvalue weighted by Gasteiger charge is 2.24. The Labute approximate surface area is 165 Å². The summed E-state index contributed by atoms with van der Waals surface area (Å²) in [7, 11) is 0. The molecule has 0 amide bonds. The van der Waals surface area contributed by atoms with Crippen LogP contribution in [0, 0.1) is 11.6 Å². The van der Waals surface area contributed by atoms with E-state index in [1.54, 1.807) is 30.3 Å². The molecular weight excluding hydrogens is 374 g/mol. The minimum atomic E-state index is -0.405. The van der Waals surface area contributed by atoms with Crippen LogP contribution in [0.2, 0.25) is 0 Å². The molecule has 3 heterocycles. The van der Waals surface area contributed by atoms with Gasteiger partial charge in [-0.15, -0.1) is 5.10 Å². The molecule has 29 heavy (non-hydrogen) atoms. The van der Waals surface area contributed by atoms with Crippen LogP contribution in [0.1, 0.15) is 12.8 Å². The molecule has 0 bridgehead atoms. The molecule has 2 aromatic carbocycles. The summed E-state index contributed by atoms with van der Waals surface area (Å²) < 4.78 is 29.8. The Morgan fingerprint density at radius 3 is 2.48 bits per heavy atom. The molecule has 0 aliphatic carbocycles. The van der Waals surface area contributed by atoms with E-state index >= 15 is 0 Å². The van der Waals surface area contributed by atoms with Gasteiger partial charge >= 0.3 is 0 Å². The number of hydrogen-bond donors (Lipinski definition) is 1. The van der Waals surface area contributed by atoms with Gasteiger partial charge in [0.2, 0.25) is 5.95 Å². The summed E-state index contributed by atoms with van der Waals surface area (Å²) in [6.45, 7) is 1.67.